The van der Waals surface area contributed by atoms with Crippen LogP contribution >= 0.6 is 11.6 Å². The largest absolute Gasteiger partial charge is 0.490 e. The lowest BCUT2D eigenvalue weighted by atomic mass is 9.90. The lowest BCUT2D eigenvalue weighted by Gasteiger charge is -2.29. The number of hydrogen-bond acceptors (Lipinski definition) is 6. The Hall–Kier alpha value is -4.33. The molecule has 2 amide bonds. The summed E-state index contributed by atoms with van der Waals surface area (Å²) in [6.45, 7) is 2.72. The van der Waals surface area contributed by atoms with Crippen molar-refractivity contribution in [1.29, 1.82) is 0 Å². The van der Waals surface area contributed by atoms with E-state index in [1.54, 1.807) is 29.3 Å². The molecule has 2 fully saturated rings. The Morgan fingerprint density at radius 3 is 2.17 bits per heavy atom. The Kier molecular flexibility index (Phi) is 7.15. The zero-order valence-corrected chi connectivity index (χ0v) is 22.5. The lowest BCUT2D eigenvalue weighted by molar-refractivity contribution is -0.126. The van der Waals surface area contributed by atoms with Gasteiger partial charge in [0, 0.05) is 5.02 Å². The highest BCUT2D eigenvalue weighted by Gasteiger charge is 2.60. The van der Waals surface area contributed by atoms with Crippen molar-refractivity contribution in [3.8, 4) is 11.5 Å². The van der Waals surface area contributed by atoms with Crippen LogP contribution in [0, 0.1) is 5.92 Å². The van der Waals surface area contributed by atoms with Crippen LogP contribution in [0.25, 0.3) is 0 Å². The molecule has 2 heterocycles. The standard InChI is InChI=1S/C32H27ClN2O5/c1-2-38-27-19-22(13-18-26(27)39-20-21-9-5-3-6-10-21)29-28-30(40-35(29)25-11-7-4-8-12-25)32(37)34(31(28)36)24-16-14-23(33)15-17-24/h3-19,28-30H,2,20H2,1H3. The van der Waals surface area contributed by atoms with Crippen LogP contribution in [-0.4, -0.2) is 24.5 Å². The first-order valence-corrected chi connectivity index (χ1v) is 13.5. The maximum Gasteiger partial charge on any atom is 0.266 e. The third kappa shape index (κ3) is 4.78. The van der Waals surface area contributed by atoms with Gasteiger partial charge in [-0.15, -0.1) is 0 Å². The second-order valence-corrected chi connectivity index (χ2v) is 10.00. The first-order valence-electron chi connectivity index (χ1n) is 13.1. The van der Waals surface area contributed by atoms with Crippen molar-refractivity contribution in [3.63, 3.8) is 0 Å². The summed E-state index contributed by atoms with van der Waals surface area (Å²) < 4.78 is 12.1. The van der Waals surface area contributed by atoms with E-state index in [4.69, 9.17) is 25.9 Å². The molecule has 0 bridgehead atoms. The normalized spacial score (nSPS) is 20.1. The third-order valence-corrected chi connectivity index (χ3v) is 7.31. The van der Waals surface area contributed by atoms with E-state index in [1.165, 1.54) is 4.90 Å². The van der Waals surface area contributed by atoms with Crippen molar-refractivity contribution in [1.82, 2.24) is 0 Å². The summed E-state index contributed by atoms with van der Waals surface area (Å²) in [6.07, 6.45) is -0.974. The number of ether oxygens (including phenoxy) is 2. The Labute approximate surface area is 237 Å². The zero-order chi connectivity index (χ0) is 27.6. The number of fused-ring (bicyclic) bond motifs is 1. The number of anilines is 2. The average Bonchev–Trinajstić information content (AvgIpc) is 3.49. The minimum absolute atomic E-state index is 0.330. The third-order valence-electron chi connectivity index (χ3n) is 7.06. The van der Waals surface area contributed by atoms with Gasteiger partial charge in [-0.2, -0.15) is 0 Å². The summed E-state index contributed by atoms with van der Waals surface area (Å²) in [5.41, 5.74) is 3.00. The fourth-order valence-electron chi connectivity index (χ4n) is 5.23. The van der Waals surface area contributed by atoms with Gasteiger partial charge in [0.15, 0.2) is 17.6 Å². The monoisotopic (exact) mass is 554 g/mol. The van der Waals surface area contributed by atoms with E-state index in [9.17, 15) is 9.59 Å². The topological polar surface area (TPSA) is 68.3 Å². The second-order valence-electron chi connectivity index (χ2n) is 9.56. The molecule has 8 heteroatoms. The van der Waals surface area contributed by atoms with Gasteiger partial charge < -0.3 is 9.47 Å². The molecule has 3 atom stereocenters. The van der Waals surface area contributed by atoms with Crippen molar-refractivity contribution in [2.24, 2.45) is 5.92 Å². The molecular weight excluding hydrogens is 528 g/mol. The van der Waals surface area contributed by atoms with Gasteiger partial charge >= 0.3 is 0 Å². The molecule has 6 rings (SSSR count). The minimum atomic E-state index is -0.974. The van der Waals surface area contributed by atoms with E-state index in [1.807, 2.05) is 85.8 Å². The Balaban J connectivity index is 1.37. The van der Waals surface area contributed by atoms with Crippen LogP contribution in [0.1, 0.15) is 24.1 Å². The van der Waals surface area contributed by atoms with Gasteiger partial charge in [-0.3, -0.25) is 14.4 Å². The summed E-state index contributed by atoms with van der Waals surface area (Å²) in [6, 6.07) is 31.0. The minimum Gasteiger partial charge on any atom is -0.490 e. The summed E-state index contributed by atoms with van der Waals surface area (Å²) >= 11 is 6.05. The summed E-state index contributed by atoms with van der Waals surface area (Å²) in [5, 5.41) is 2.19. The highest BCUT2D eigenvalue weighted by Crippen LogP contribution is 2.48. The van der Waals surface area contributed by atoms with E-state index < -0.39 is 24.0 Å². The molecule has 0 spiro atoms. The number of benzene rings is 4. The SMILES string of the molecule is CCOc1cc(C2C3C(=O)N(c4ccc(Cl)cc4)C(=O)C3ON2c2ccccc2)ccc1OCc1ccccc1. The fraction of sp³-hybridized carbons (Fsp3) is 0.188. The number of hydroxylamine groups is 1. The first-order chi connectivity index (χ1) is 19.5. The van der Waals surface area contributed by atoms with Crippen molar-refractivity contribution in [2.45, 2.75) is 25.7 Å². The number of carbonyl (C=O) groups is 2. The number of amides is 2. The molecule has 2 aliphatic heterocycles. The van der Waals surface area contributed by atoms with Gasteiger partial charge in [0.25, 0.3) is 5.91 Å². The summed E-state index contributed by atoms with van der Waals surface area (Å²) in [5.74, 6) is -0.364. The van der Waals surface area contributed by atoms with Gasteiger partial charge in [0.2, 0.25) is 5.91 Å². The molecule has 40 heavy (non-hydrogen) atoms. The molecule has 0 aliphatic carbocycles. The number of para-hydroxylation sites is 1. The van der Waals surface area contributed by atoms with Crippen LogP contribution in [0.5, 0.6) is 11.5 Å². The van der Waals surface area contributed by atoms with Crippen molar-refractivity contribution >= 4 is 34.8 Å². The molecule has 202 valence electrons. The van der Waals surface area contributed by atoms with Crippen molar-refractivity contribution in [3.05, 3.63) is 119 Å². The van der Waals surface area contributed by atoms with Crippen LogP contribution in [0.2, 0.25) is 5.02 Å². The predicted octanol–water partition coefficient (Wildman–Crippen LogP) is 6.37. The molecule has 2 aliphatic rings. The van der Waals surface area contributed by atoms with E-state index in [0.717, 1.165) is 16.8 Å². The maximum absolute atomic E-state index is 13.9. The van der Waals surface area contributed by atoms with Gasteiger partial charge in [0.05, 0.1) is 24.0 Å². The van der Waals surface area contributed by atoms with Crippen LogP contribution < -0.4 is 19.4 Å². The van der Waals surface area contributed by atoms with E-state index >= 15 is 0 Å². The van der Waals surface area contributed by atoms with Gasteiger partial charge in [-0.05, 0) is 66.6 Å². The average molecular weight is 555 g/mol. The van der Waals surface area contributed by atoms with Gasteiger partial charge in [-0.1, -0.05) is 66.2 Å². The Morgan fingerprint density at radius 2 is 1.48 bits per heavy atom. The predicted molar refractivity (Wildman–Crippen MR) is 152 cm³/mol. The van der Waals surface area contributed by atoms with Crippen molar-refractivity contribution < 1.29 is 23.9 Å². The number of halogens is 1. The molecule has 4 aromatic rings. The van der Waals surface area contributed by atoms with E-state index in [-0.39, 0.29) is 5.91 Å². The van der Waals surface area contributed by atoms with E-state index in [2.05, 4.69) is 0 Å². The van der Waals surface area contributed by atoms with Crippen LogP contribution in [0.3, 0.4) is 0 Å². The molecule has 0 radical (unpaired) electrons. The molecule has 4 aromatic carbocycles. The number of rotatable bonds is 8. The molecule has 0 N–H and O–H groups in total. The molecule has 7 nitrogen and oxygen atoms in total. The second kappa shape index (κ2) is 11.0. The number of carbonyl (C=O) groups excluding carboxylic acids is 2. The molecule has 0 saturated carbocycles. The van der Waals surface area contributed by atoms with Crippen LogP contribution in [-0.2, 0) is 21.0 Å². The fourth-order valence-corrected chi connectivity index (χ4v) is 5.35. The van der Waals surface area contributed by atoms with Crippen LogP contribution in [0.4, 0.5) is 11.4 Å². The summed E-state index contributed by atoms with van der Waals surface area (Å²) in [4.78, 5) is 34.9. The molecule has 0 aromatic heterocycles. The Bertz CT molecular complexity index is 1510. The van der Waals surface area contributed by atoms with Gasteiger partial charge in [0.1, 0.15) is 12.5 Å². The molecule has 3 unspecified atom stereocenters. The van der Waals surface area contributed by atoms with E-state index in [0.29, 0.717) is 35.4 Å². The molecule has 2 saturated heterocycles. The Morgan fingerprint density at radius 1 is 0.775 bits per heavy atom. The highest BCUT2D eigenvalue weighted by atomic mass is 35.5. The van der Waals surface area contributed by atoms with Crippen LogP contribution in [0.15, 0.2) is 103 Å². The molecular formula is C32H27ClN2O5. The van der Waals surface area contributed by atoms with Gasteiger partial charge in [-0.25, -0.2) is 9.96 Å². The summed E-state index contributed by atoms with van der Waals surface area (Å²) in [7, 11) is 0. The number of imide groups is 1. The maximum atomic E-state index is 13.9. The lowest BCUT2D eigenvalue weighted by Crippen LogP contribution is -2.37. The quantitative estimate of drug-likeness (QED) is 0.236. The zero-order valence-electron chi connectivity index (χ0n) is 21.8. The van der Waals surface area contributed by atoms with Crippen molar-refractivity contribution in [2.75, 3.05) is 16.6 Å². The smallest absolute Gasteiger partial charge is 0.266 e. The number of hydrogen-bond donors (Lipinski definition) is 0. The first kappa shape index (κ1) is 25.9. The highest BCUT2D eigenvalue weighted by molar-refractivity contribution is 6.31. The number of nitrogens with zero attached hydrogens (tertiary/aromatic N) is 2.